The molecule has 28 heavy (non-hydrogen) atoms. The Kier molecular flexibility index (Phi) is 5.80. The molecule has 2 aromatic carbocycles. The standard InChI is InChI=1S/C22H24N2O4/c1-14-8-7-9-15(2)20(14)23-19(25)12-24(3)22(26)21-17(13-27-4)16-10-5-6-11-18(16)28-21/h5-11H,12-13H2,1-4H3,(H,23,25). The van der Waals surface area contributed by atoms with E-state index in [1.165, 1.54) is 4.90 Å². The average Bonchev–Trinajstić information content (AvgIpc) is 3.03. The Balaban J connectivity index is 1.78. The van der Waals surface area contributed by atoms with Gasteiger partial charge < -0.3 is 19.4 Å². The van der Waals surface area contributed by atoms with E-state index in [9.17, 15) is 9.59 Å². The summed E-state index contributed by atoms with van der Waals surface area (Å²) in [6.07, 6.45) is 0. The Bertz CT molecular complexity index is 1000. The Morgan fingerprint density at radius 1 is 1.07 bits per heavy atom. The molecule has 1 N–H and O–H groups in total. The minimum atomic E-state index is -0.361. The number of hydrogen-bond donors (Lipinski definition) is 1. The minimum absolute atomic E-state index is 0.0872. The number of furan rings is 1. The number of para-hydroxylation sites is 2. The van der Waals surface area contributed by atoms with E-state index in [4.69, 9.17) is 9.15 Å². The highest BCUT2D eigenvalue weighted by atomic mass is 16.5. The van der Waals surface area contributed by atoms with Gasteiger partial charge in [0.25, 0.3) is 5.91 Å². The molecule has 0 bridgehead atoms. The van der Waals surface area contributed by atoms with Gasteiger partial charge in [-0.05, 0) is 31.0 Å². The van der Waals surface area contributed by atoms with Crippen LogP contribution in [0, 0.1) is 13.8 Å². The number of anilines is 1. The zero-order valence-electron chi connectivity index (χ0n) is 16.5. The zero-order valence-corrected chi connectivity index (χ0v) is 16.5. The summed E-state index contributed by atoms with van der Waals surface area (Å²) in [4.78, 5) is 26.8. The van der Waals surface area contributed by atoms with Crippen LogP contribution in [0.25, 0.3) is 11.0 Å². The maximum Gasteiger partial charge on any atom is 0.290 e. The number of likely N-dealkylation sites (N-methyl/N-ethyl adjacent to an activating group) is 1. The molecule has 0 unspecified atom stereocenters. The molecule has 0 radical (unpaired) electrons. The second-order valence-corrected chi connectivity index (χ2v) is 6.82. The first-order chi connectivity index (χ1) is 13.4. The molecule has 0 spiro atoms. The van der Waals surface area contributed by atoms with Crippen LogP contribution < -0.4 is 5.32 Å². The molecule has 3 rings (SSSR count). The van der Waals surface area contributed by atoms with Crippen LogP contribution in [0.4, 0.5) is 5.69 Å². The highest BCUT2D eigenvalue weighted by molar-refractivity contribution is 6.02. The second kappa shape index (κ2) is 8.27. The quantitative estimate of drug-likeness (QED) is 0.704. The predicted molar refractivity (Wildman–Crippen MR) is 108 cm³/mol. The van der Waals surface area contributed by atoms with Crippen molar-refractivity contribution in [2.45, 2.75) is 20.5 Å². The molecule has 3 aromatic rings. The van der Waals surface area contributed by atoms with Crippen LogP contribution in [-0.4, -0.2) is 37.4 Å². The Hall–Kier alpha value is -3.12. The first-order valence-corrected chi connectivity index (χ1v) is 9.03. The first kappa shape index (κ1) is 19.6. The Labute approximate surface area is 164 Å². The summed E-state index contributed by atoms with van der Waals surface area (Å²) in [5.41, 5.74) is 4.03. The lowest BCUT2D eigenvalue weighted by Crippen LogP contribution is -2.35. The lowest BCUT2D eigenvalue weighted by Gasteiger charge is -2.17. The molecule has 2 amide bonds. The van der Waals surface area contributed by atoms with Crippen LogP contribution >= 0.6 is 0 Å². The number of aryl methyl sites for hydroxylation is 2. The molecule has 0 aliphatic rings. The fraction of sp³-hybridized carbons (Fsp3) is 0.273. The number of fused-ring (bicyclic) bond motifs is 1. The van der Waals surface area contributed by atoms with Crippen LogP contribution in [0.5, 0.6) is 0 Å². The average molecular weight is 380 g/mol. The SMILES string of the molecule is COCc1c(C(=O)N(C)CC(=O)Nc2c(C)cccc2C)oc2ccccc12. The molecule has 0 saturated heterocycles. The largest absolute Gasteiger partial charge is 0.451 e. The van der Waals surface area contributed by atoms with Crippen LogP contribution in [0.3, 0.4) is 0 Å². The maximum atomic E-state index is 12.9. The van der Waals surface area contributed by atoms with Crippen molar-refractivity contribution in [1.82, 2.24) is 4.90 Å². The van der Waals surface area contributed by atoms with Crippen LogP contribution in [-0.2, 0) is 16.1 Å². The molecule has 0 saturated carbocycles. The third-order valence-electron chi connectivity index (χ3n) is 4.65. The second-order valence-electron chi connectivity index (χ2n) is 6.82. The number of carbonyl (C=O) groups is 2. The van der Waals surface area contributed by atoms with E-state index in [0.29, 0.717) is 11.1 Å². The van der Waals surface area contributed by atoms with E-state index < -0.39 is 0 Å². The van der Waals surface area contributed by atoms with Crippen LogP contribution in [0.15, 0.2) is 46.9 Å². The summed E-state index contributed by atoms with van der Waals surface area (Å²) in [7, 11) is 3.15. The lowest BCUT2D eigenvalue weighted by molar-refractivity contribution is -0.116. The topological polar surface area (TPSA) is 71.8 Å². The summed E-state index contributed by atoms with van der Waals surface area (Å²) in [6.45, 7) is 4.03. The van der Waals surface area contributed by atoms with E-state index in [1.807, 2.05) is 50.2 Å². The fourth-order valence-corrected chi connectivity index (χ4v) is 3.21. The van der Waals surface area contributed by atoms with Crippen molar-refractivity contribution < 1.29 is 18.7 Å². The molecular formula is C22H24N2O4. The molecule has 0 aliphatic carbocycles. The van der Waals surface area contributed by atoms with Gasteiger partial charge in [0.1, 0.15) is 5.58 Å². The molecule has 6 heteroatoms. The van der Waals surface area contributed by atoms with Crippen molar-refractivity contribution >= 4 is 28.5 Å². The van der Waals surface area contributed by atoms with Gasteiger partial charge in [0, 0.05) is 30.8 Å². The van der Waals surface area contributed by atoms with Crippen molar-refractivity contribution in [3.8, 4) is 0 Å². The third-order valence-corrected chi connectivity index (χ3v) is 4.65. The fourth-order valence-electron chi connectivity index (χ4n) is 3.21. The first-order valence-electron chi connectivity index (χ1n) is 9.03. The summed E-state index contributed by atoms with van der Waals surface area (Å²) in [6, 6.07) is 13.2. The summed E-state index contributed by atoms with van der Waals surface area (Å²) >= 11 is 0. The minimum Gasteiger partial charge on any atom is -0.451 e. The van der Waals surface area contributed by atoms with E-state index in [0.717, 1.165) is 22.2 Å². The number of methoxy groups -OCH3 is 1. The number of nitrogens with zero attached hydrogens (tertiary/aromatic N) is 1. The van der Waals surface area contributed by atoms with Crippen molar-refractivity contribution in [1.29, 1.82) is 0 Å². The van der Waals surface area contributed by atoms with Gasteiger partial charge >= 0.3 is 0 Å². The molecule has 0 atom stereocenters. The number of carbonyl (C=O) groups excluding carboxylic acids is 2. The molecule has 146 valence electrons. The number of ether oxygens (including phenoxy) is 1. The van der Waals surface area contributed by atoms with Crippen LogP contribution in [0.1, 0.15) is 27.2 Å². The number of rotatable bonds is 6. The maximum absolute atomic E-state index is 12.9. The molecule has 0 fully saturated rings. The summed E-state index contributed by atoms with van der Waals surface area (Å²) < 4.78 is 11.0. The molecular weight excluding hydrogens is 356 g/mol. The van der Waals surface area contributed by atoms with Crippen molar-refractivity contribution in [2.24, 2.45) is 0 Å². The van der Waals surface area contributed by atoms with Crippen molar-refractivity contribution in [2.75, 3.05) is 26.0 Å². The van der Waals surface area contributed by atoms with Gasteiger partial charge in [-0.1, -0.05) is 36.4 Å². The highest BCUT2D eigenvalue weighted by Crippen LogP contribution is 2.27. The summed E-state index contributed by atoms with van der Waals surface area (Å²) in [5.74, 6) is -0.428. The van der Waals surface area contributed by atoms with Gasteiger partial charge in [0.05, 0.1) is 13.2 Å². The van der Waals surface area contributed by atoms with Gasteiger partial charge in [-0.25, -0.2) is 0 Å². The van der Waals surface area contributed by atoms with E-state index in [2.05, 4.69) is 5.32 Å². The smallest absolute Gasteiger partial charge is 0.290 e. The van der Waals surface area contributed by atoms with E-state index in [-0.39, 0.29) is 30.7 Å². The van der Waals surface area contributed by atoms with Gasteiger partial charge in [-0.15, -0.1) is 0 Å². The Morgan fingerprint density at radius 3 is 2.43 bits per heavy atom. The molecule has 6 nitrogen and oxygen atoms in total. The van der Waals surface area contributed by atoms with Gasteiger partial charge in [0.15, 0.2) is 5.76 Å². The lowest BCUT2D eigenvalue weighted by atomic mass is 10.1. The predicted octanol–water partition coefficient (Wildman–Crippen LogP) is 3.91. The van der Waals surface area contributed by atoms with Gasteiger partial charge in [-0.3, -0.25) is 9.59 Å². The number of benzene rings is 2. The molecule has 1 aromatic heterocycles. The van der Waals surface area contributed by atoms with Crippen molar-refractivity contribution in [3.05, 3.63) is 64.9 Å². The number of amides is 2. The van der Waals surface area contributed by atoms with Crippen LogP contribution in [0.2, 0.25) is 0 Å². The molecule has 1 heterocycles. The number of nitrogens with one attached hydrogen (secondary N) is 1. The van der Waals surface area contributed by atoms with Gasteiger partial charge in [0.2, 0.25) is 5.91 Å². The molecule has 0 aliphatic heterocycles. The summed E-state index contributed by atoms with van der Waals surface area (Å²) in [5, 5.41) is 3.73. The van der Waals surface area contributed by atoms with Gasteiger partial charge in [-0.2, -0.15) is 0 Å². The highest BCUT2D eigenvalue weighted by Gasteiger charge is 2.24. The van der Waals surface area contributed by atoms with E-state index >= 15 is 0 Å². The number of hydrogen-bond acceptors (Lipinski definition) is 4. The zero-order chi connectivity index (χ0) is 20.3. The van der Waals surface area contributed by atoms with E-state index in [1.54, 1.807) is 20.2 Å². The normalized spacial score (nSPS) is 10.9. The monoisotopic (exact) mass is 380 g/mol. The van der Waals surface area contributed by atoms with Crippen molar-refractivity contribution in [3.63, 3.8) is 0 Å². The third kappa shape index (κ3) is 3.92. The Morgan fingerprint density at radius 2 is 1.75 bits per heavy atom.